The number of carbonyl (C=O) groups is 1. The molecule has 16 heavy (non-hydrogen) atoms. The molecule has 0 aromatic heterocycles. The molecule has 0 aliphatic carbocycles. The second kappa shape index (κ2) is 4.39. The Balaban J connectivity index is 2.25. The Morgan fingerprint density at radius 3 is 2.56 bits per heavy atom. The van der Waals surface area contributed by atoms with E-state index in [-0.39, 0.29) is 6.03 Å². The summed E-state index contributed by atoms with van der Waals surface area (Å²) in [5.41, 5.74) is 2.13. The van der Waals surface area contributed by atoms with Crippen molar-refractivity contribution in [1.29, 1.82) is 0 Å². The minimum absolute atomic E-state index is 0.0487. The summed E-state index contributed by atoms with van der Waals surface area (Å²) in [5, 5.41) is 0. The smallest absolute Gasteiger partial charge is 0.323 e. The molecule has 84 valence electrons. The highest BCUT2D eigenvalue weighted by atomic mass is 16.2. The molecular weight excluding hydrogens is 200 g/mol. The molecule has 0 fully saturated rings. The molecule has 1 aromatic rings. The molecule has 0 radical (unpaired) electrons. The van der Waals surface area contributed by atoms with Crippen molar-refractivity contribution in [1.82, 2.24) is 9.80 Å². The third-order valence-electron chi connectivity index (χ3n) is 2.66. The van der Waals surface area contributed by atoms with Crippen molar-refractivity contribution in [3.8, 4) is 0 Å². The lowest BCUT2D eigenvalue weighted by atomic mass is 10.1. The predicted octanol–water partition coefficient (Wildman–Crippen LogP) is 2.41. The lowest BCUT2D eigenvalue weighted by Gasteiger charge is -2.24. The van der Waals surface area contributed by atoms with Gasteiger partial charge in [0.05, 0.1) is 0 Å². The molecule has 2 rings (SSSR count). The van der Waals surface area contributed by atoms with Gasteiger partial charge in [-0.05, 0) is 12.0 Å². The number of rotatable bonds is 1. The topological polar surface area (TPSA) is 23.6 Å². The first-order valence-electron chi connectivity index (χ1n) is 5.44. The van der Waals surface area contributed by atoms with Crippen molar-refractivity contribution in [3.63, 3.8) is 0 Å². The van der Waals surface area contributed by atoms with Crippen LogP contribution in [0.25, 0.3) is 5.70 Å². The molecule has 0 N–H and O–H groups in total. The fourth-order valence-electron chi connectivity index (χ4n) is 1.88. The van der Waals surface area contributed by atoms with Crippen molar-refractivity contribution in [2.75, 3.05) is 20.6 Å². The molecule has 3 nitrogen and oxygen atoms in total. The summed E-state index contributed by atoms with van der Waals surface area (Å²) in [4.78, 5) is 15.4. The van der Waals surface area contributed by atoms with Gasteiger partial charge in [-0.25, -0.2) is 4.79 Å². The van der Waals surface area contributed by atoms with E-state index in [4.69, 9.17) is 0 Å². The van der Waals surface area contributed by atoms with Crippen molar-refractivity contribution < 1.29 is 4.79 Å². The number of hydrogen-bond donors (Lipinski definition) is 0. The maximum atomic E-state index is 11.9. The highest BCUT2D eigenvalue weighted by Crippen LogP contribution is 2.25. The Labute approximate surface area is 96.0 Å². The molecule has 0 atom stereocenters. The standard InChI is InChI=1S/C13H16N2O/c1-14(2)13(16)15-10-6-9-12(15)11-7-4-3-5-8-11/h3-5,7-9H,6,10H2,1-2H3. The highest BCUT2D eigenvalue weighted by molar-refractivity contribution is 5.86. The Bertz CT molecular complexity index is 409. The van der Waals surface area contributed by atoms with Gasteiger partial charge >= 0.3 is 6.03 Å². The van der Waals surface area contributed by atoms with Crippen molar-refractivity contribution >= 4 is 11.7 Å². The Hall–Kier alpha value is -1.77. The van der Waals surface area contributed by atoms with Crippen LogP contribution >= 0.6 is 0 Å². The summed E-state index contributed by atoms with van der Waals surface area (Å²) in [6.45, 7) is 0.779. The summed E-state index contributed by atoms with van der Waals surface area (Å²) >= 11 is 0. The van der Waals surface area contributed by atoms with E-state index in [1.54, 1.807) is 19.0 Å². The minimum Gasteiger partial charge on any atom is -0.330 e. The van der Waals surface area contributed by atoms with E-state index >= 15 is 0 Å². The van der Waals surface area contributed by atoms with Crippen LogP contribution in [0.3, 0.4) is 0 Å². The fraction of sp³-hybridized carbons (Fsp3) is 0.308. The van der Waals surface area contributed by atoms with Crippen LogP contribution in [0.2, 0.25) is 0 Å². The van der Waals surface area contributed by atoms with Crippen LogP contribution in [0, 0.1) is 0 Å². The van der Waals surface area contributed by atoms with Gasteiger partial charge in [0.2, 0.25) is 0 Å². The predicted molar refractivity (Wildman–Crippen MR) is 64.8 cm³/mol. The van der Waals surface area contributed by atoms with Gasteiger partial charge in [0, 0.05) is 26.3 Å². The number of hydrogen-bond acceptors (Lipinski definition) is 1. The highest BCUT2D eigenvalue weighted by Gasteiger charge is 2.23. The third-order valence-corrected chi connectivity index (χ3v) is 2.66. The number of nitrogens with zero attached hydrogens (tertiary/aromatic N) is 2. The Kier molecular flexibility index (Phi) is 2.95. The Morgan fingerprint density at radius 2 is 1.94 bits per heavy atom. The summed E-state index contributed by atoms with van der Waals surface area (Å²) in [6, 6.07) is 10.1. The molecule has 0 bridgehead atoms. The minimum atomic E-state index is 0.0487. The van der Waals surface area contributed by atoms with Crippen LogP contribution in [-0.2, 0) is 0 Å². The van der Waals surface area contributed by atoms with E-state index in [2.05, 4.69) is 6.08 Å². The van der Waals surface area contributed by atoms with E-state index in [0.29, 0.717) is 0 Å². The number of urea groups is 1. The zero-order valence-electron chi connectivity index (χ0n) is 9.68. The number of benzene rings is 1. The quantitative estimate of drug-likeness (QED) is 0.707. The van der Waals surface area contributed by atoms with Gasteiger partial charge < -0.3 is 4.90 Å². The normalized spacial score (nSPS) is 14.9. The first kappa shape index (κ1) is 10.7. The van der Waals surface area contributed by atoms with Crippen LogP contribution in [0.1, 0.15) is 12.0 Å². The van der Waals surface area contributed by atoms with E-state index < -0.39 is 0 Å². The largest absolute Gasteiger partial charge is 0.330 e. The molecule has 2 amide bonds. The molecule has 1 heterocycles. The van der Waals surface area contributed by atoms with E-state index in [1.165, 1.54) is 0 Å². The second-order valence-corrected chi connectivity index (χ2v) is 4.07. The first-order chi connectivity index (χ1) is 7.70. The average molecular weight is 216 g/mol. The van der Waals surface area contributed by atoms with Gasteiger partial charge in [-0.2, -0.15) is 0 Å². The van der Waals surface area contributed by atoms with Gasteiger partial charge in [0.15, 0.2) is 0 Å². The zero-order chi connectivity index (χ0) is 11.5. The molecule has 0 unspecified atom stereocenters. The summed E-state index contributed by atoms with van der Waals surface area (Å²) in [7, 11) is 3.56. The van der Waals surface area contributed by atoms with Gasteiger partial charge in [-0.1, -0.05) is 36.4 Å². The van der Waals surface area contributed by atoms with Crippen LogP contribution in [0.5, 0.6) is 0 Å². The SMILES string of the molecule is CN(C)C(=O)N1CCC=C1c1ccccc1. The van der Waals surface area contributed by atoms with Gasteiger partial charge in [-0.3, -0.25) is 4.90 Å². The maximum absolute atomic E-state index is 11.9. The third kappa shape index (κ3) is 1.94. The lowest BCUT2D eigenvalue weighted by Crippen LogP contribution is -2.36. The first-order valence-corrected chi connectivity index (χ1v) is 5.44. The van der Waals surface area contributed by atoms with Crippen molar-refractivity contribution in [2.24, 2.45) is 0 Å². The molecule has 1 aliphatic heterocycles. The lowest BCUT2D eigenvalue weighted by molar-refractivity contribution is 0.194. The Morgan fingerprint density at radius 1 is 1.25 bits per heavy atom. The molecule has 0 saturated carbocycles. The van der Waals surface area contributed by atoms with E-state index in [1.807, 2.05) is 35.2 Å². The summed E-state index contributed by atoms with van der Waals surface area (Å²) in [5.74, 6) is 0. The van der Waals surface area contributed by atoms with Gasteiger partial charge in [0.1, 0.15) is 0 Å². The van der Waals surface area contributed by atoms with E-state index in [9.17, 15) is 4.79 Å². The van der Waals surface area contributed by atoms with Crippen LogP contribution < -0.4 is 0 Å². The van der Waals surface area contributed by atoms with Crippen molar-refractivity contribution in [3.05, 3.63) is 42.0 Å². The molecule has 0 saturated heterocycles. The molecule has 3 heteroatoms. The van der Waals surface area contributed by atoms with Crippen LogP contribution in [-0.4, -0.2) is 36.5 Å². The number of carbonyl (C=O) groups excluding carboxylic acids is 1. The summed E-state index contributed by atoms with van der Waals surface area (Å²) < 4.78 is 0. The average Bonchev–Trinajstić information content (AvgIpc) is 2.77. The van der Waals surface area contributed by atoms with Crippen molar-refractivity contribution in [2.45, 2.75) is 6.42 Å². The fourth-order valence-corrected chi connectivity index (χ4v) is 1.88. The summed E-state index contributed by atoms with van der Waals surface area (Å²) in [6.07, 6.45) is 3.06. The molecule has 1 aromatic carbocycles. The number of amides is 2. The second-order valence-electron chi connectivity index (χ2n) is 4.07. The maximum Gasteiger partial charge on any atom is 0.323 e. The molecule has 1 aliphatic rings. The van der Waals surface area contributed by atoms with Gasteiger partial charge in [-0.15, -0.1) is 0 Å². The zero-order valence-corrected chi connectivity index (χ0v) is 9.68. The van der Waals surface area contributed by atoms with Crippen LogP contribution in [0.15, 0.2) is 36.4 Å². The molecule has 0 spiro atoms. The van der Waals surface area contributed by atoms with E-state index in [0.717, 1.165) is 24.2 Å². The van der Waals surface area contributed by atoms with Crippen LogP contribution in [0.4, 0.5) is 4.79 Å². The molecular formula is C13H16N2O. The monoisotopic (exact) mass is 216 g/mol. The van der Waals surface area contributed by atoms with Gasteiger partial charge in [0.25, 0.3) is 0 Å².